The molecular formula is C23H21N5O4S. The minimum absolute atomic E-state index is 0.150. The van der Waals surface area contributed by atoms with Crippen molar-refractivity contribution in [1.29, 1.82) is 0 Å². The maximum atomic E-state index is 12.5. The molecule has 4 aromatic rings. The van der Waals surface area contributed by atoms with Crippen LogP contribution in [0.4, 0.5) is 5.69 Å². The number of nitrogens with zero attached hydrogens (tertiary/aromatic N) is 3. The van der Waals surface area contributed by atoms with Crippen LogP contribution in [-0.4, -0.2) is 41.1 Å². The van der Waals surface area contributed by atoms with E-state index in [-0.39, 0.29) is 18.4 Å². The van der Waals surface area contributed by atoms with Crippen LogP contribution in [0.3, 0.4) is 0 Å². The van der Waals surface area contributed by atoms with E-state index in [0.29, 0.717) is 28.6 Å². The largest absolute Gasteiger partial charge is 0.495 e. The molecule has 4 rings (SSSR count). The summed E-state index contributed by atoms with van der Waals surface area (Å²) in [5, 5.41) is 8.64. The van der Waals surface area contributed by atoms with Gasteiger partial charge in [-0.25, -0.2) is 10.4 Å². The van der Waals surface area contributed by atoms with Crippen molar-refractivity contribution in [3.63, 3.8) is 0 Å². The number of hydrogen-bond donors (Lipinski definition) is 2. The van der Waals surface area contributed by atoms with Crippen LogP contribution in [0.1, 0.15) is 21.7 Å². The fourth-order valence-corrected chi connectivity index (χ4v) is 3.88. The van der Waals surface area contributed by atoms with Crippen molar-refractivity contribution in [2.45, 2.75) is 6.92 Å². The number of carbonyl (C=O) groups is 2. The number of hydrogen-bond acceptors (Lipinski definition) is 7. The summed E-state index contributed by atoms with van der Waals surface area (Å²) in [6.07, 6.45) is 3.32. The zero-order valence-electron chi connectivity index (χ0n) is 17.9. The van der Waals surface area contributed by atoms with Crippen molar-refractivity contribution in [3.8, 4) is 11.5 Å². The molecular weight excluding hydrogens is 442 g/mol. The number of aryl methyl sites for hydroxylation is 1. The van der Waals surface area contributed by atoms with E-state index in [1.54, 1.807) is 67.1 Å². The van der Waals surface area contributed by atoms with Crippen LogP contribution >= 0.6 is 11.3 Å². The number of hydrazone groups is 1. The maximum absolute atomic E-state index is 12.5. The van der Waals surface area contributed by atoms with Crippen molar-refractivity contribution in [1.82, 2.24) is 14.8 Å². The molecule has 33 heavy (non-hydrogen) atoms. The molecule has 2 N–H and O–H groups in total. The molecule has 0 aliphatic heterocycles. The lowest BCUT2D eigenvalue weighted by molar-refractivity contribution is -0.118. The molecule has 168 valence electrons. The third kappa shape index (κ3) is 5.18. The molecule has 10 heteroatoms. The van der Waals surface area contributed by atoms with Gasteiger partial charge in [-0.3, -0.25) is 14.0 Å². The first-order chi connectivity index (χ1) is 16.0. The van der Waals surface area contributed by atoms with E-state index in [2.05, 4.69) is 20.8 Å². The van der Waals surface area contributed by atoms with E-state index < -0.39 is 0 Å². The van der Waals surface area contributed by atoms with E-state index in [1.807, 2.05) is 11.4 Å². The summed E-state index contributed by atoms with van der Waals surface area (Å²) in [6.45, 7) is 1.64. The van der Waals surface area contributed by atoms with E-state index in [9.17, 15) is 9.59 Å². The number of carbonyl (C=O) groups excluding carboxylic acids is 2. The van der Waals surface area contributed by atoms with Crippen molar-refractivity contribution < 1.29 is 19.1 Å². The highest BCUT2D eigenvalue weighted by Gasteiger charge is 2.16. The Balaban J connectivity index is 1.29. The first-order valence-electron chi connectivity index (χ1n) is 9.96. The van der Waals surface area contributed by atoms with Gasteiger partial charge < -0.3 is 14.8 Å². The maximum Gasteiger partial charge on any atom is 0.290 e. The summed E-state index contributed by atoms with van der Waals surface area (Å²) in [5.74, 6) is 0.462. The second-order valence-corrected chi connectivity index (χ2v) is 7.78. The fraction of sp³-hybridized carbons (Fsp3) is 0.130. The van der Waals surface area contributed by atoms with Crippen LogP contribution < -0.4 is 20.2 Å². The molecule has 0 saturated heterocycles. The average molecular weight is 464 g/mol. The normalized spacial score (nSPS) is 11.0. The number of anilines is 1. The van der Waals surface area contributed by atoms with Gasteiger partial charge >= 0.3 is 0 Å². The van der Waals surface area contributed by atoms with Gasteiger partial charge in [0.05, 0.1) is 24.7 Å². The van der Waals surface area contributed by atoms with Crippen LogP contribution in [-0.2, 0) is 4.79 Å². The van der Waals surface area contributed by atoms with Crippen molar-refractivity contribution in [2.75, 3.05) is 19.0 Å². The van der Waals surface area contributed by atoms with E-state index in [1.165, 1.54) is 17.6 Å². The molecule has 2 amide bonds. The summed E-state index contributed by atoms with van der Waals surface area (Å²) in [4.78, 5) is 29.7. The molecule has 0 radical (unpaired) electrons. The number of nitrogens with one attached hydrogen (secondary N) is 2. The van der Waals surface area contributed by atoms with Crippen LogP contribution in [0.15, 0.2) is 65.2 Å². The molecule has 2 heterocycles. The lowest BCUT2D eigenvalue weighted by Gasteiger charge is -2.10. The van der Waals surface area contributed by atoms with Gasteiger partial charge in [-0.15, -0.1) is 11.3 Å². The van der Waals surface area contributed by atoms with Crippen molar-refractivity contribution in [2.24, 2.45) is 5.10 Å². The van der Waals surface area contributed by atoms with Gasteiger partial charge in [0.1, 0.15) is 17.2 Å². The highest BCUT2D eigenvalue weighted by molar-refractivity contribution is 7.15. The SMILES string of the molecule is COc1ccccc1NC(=O)COc1ccc(/C=N\NC(=O)c2c(C)nc3sccn23)cc1. The number of ether oxygens (including phenoxy) is 2. The smallest absolute Gasteiger partial charge is 0.290 e. The Labute approximate surface area is 193 Å². The Morgan fingerprint density at radius 1 is 1.18 bits per heavy atom. The number of amides is 2. The monoisotopic (exact) mass is 463 g/mol. The second-order valence-electron chi connectivity index (χ2n) is 6.91. The number of imidazole rings is 1. The lowest BCUT2D eigenvalue weighted by atomic mass is 10.2. The molecule has 0 fully saturated rings. The number of para-hydroxylation sites is 2. The van der Waals surface area contributed by atoms with Gasteiger partial charge in [0.25, 0.3) is 11.8 Å². The average Bonchev–Trinajstić information content (AvgIpc) is 3.38. The van der Waals surface area contributed by atoms with Gasteiger partial charge in [0, 0.05) is 11.6 Å². The van der Waals surface area contributed by atoms with Crippen LogP contribution in [0.25, 0.3) is 4.96 Å². The minimum Gasteiger partial charge on any atom is -0.495 e. The number of benzene rings is 2. The number of methoxy groups -OCH3 is 1. The number of rotatable bonds is 8. The zero-order chi connectivity index (χ0) is 23.2. The molecule has 2 aromatic carbocycles. The Kier molecular flexibility index (Phi) is 6.65. The number of aromatic nitrogens is 2. The summed E-state index contributed by atoms with van der Waals surface area (Å²) in [7, 11) is 1.54. The van der Waals surface area contributed by atoms with Gasteiger partial charge in [0.15, 0.2) is 11.6 Å². The minimum atomic E-state index is -0.337. The summed E-state index contributed by atoms with van der Waals surface area (Å²) < 4.78 is 12.5. The van der Waals surface area contributed by atoms with E-state index in [4.69, 9.17) is 9.47 Å². The Bertz CT molecular complexity index is 1310. The molecule has 2 aromatic heterocycles. The van der Waals surface area contributed by atoms with Gasteiger partial charge in [-0.05, 0) is 48.9 Å². The summed E-state index contributed by atoms with van der Waals surface area (Å²) in [5.41, 5.74) is 4.96. The third-order valence-corrected chi connectivity index (χ3v) is 5.42. The Morgan fingerprint density at radius 2 is 1.97 bits per heavy atom. The predicted molar refractivity (Wildman–Crippen MR) is 126 cm³/mol. The molecule has 9 nitrogen and oxygen atoms in total. The van der Waals surface area contributed by atoms with E-state index in [0.717, 1.165) is 10.5 Å². The van der Waals surface area contributed by atoms with Crippen molar-refractivity contribution >= 4 is 40.0 Å². The van der Waals surface area contributed by atoms with Gasteiger partial charge in [-0.2, -0.15) is 5.10 Å². The van der Waals surface area contributed by atoms with Crippen molar-refractivity contribution in [3.05, 3.63) is 77.1 Å². The lowest BCUT2D eigenvalue weighted by Crippen LogP contribution is -2.20. The summed E-state index contributed by atoms with van der Waals surface area (Å²) in [6, 6.07) is 14.1. The highest BCUT2D eigenvalue weighted by Crippen LogP contribution is 2.23. The highest BCUT2D eigenvalue weighted by atomic mass is 32.1. The third-order valence-electron chi connectivity index (χ3n) is 4.66. The summed E-state index contributed by atoms with van der Waals surface area (Å²) >= 11 is 1.46. The first-order valence-corrected chi connectivity index (χ1v) is 10.8. The molecule has 0 saturated carbocycles. The zero-order valence-corrected chi connectivity index (χ0v) is 18.8. The van der Waals surface area contributed by atoms with Crippen LogP contribution in [0, 0.1) is 6.92 Å². The molecule has 0 aliphatic rings. The molecule has 0 aliphatic carbocycles. The van der Waals surface area contributed by atoms with Gasteiger partial charge in [-0.1, -0.05) is 12.1 Å². The number of thiazole rings is 1. The first kappa shape index (κ1) is 22.0. The standard InChI is InChI=1S/C23H21N5O4S/c1-15-21(28-11-12-33-23(28)25-15)22(30)27-24-13-16-7-9-17(10-8-16)32-14-20(29)26-18-5-3-4-6-19(18)31-2/h3-13H,14H2,1-2H3,(H,26,29)(H,27,30)/b24-13-. The Hall–Kier alpha value is -4.18. The Morgan fingerprint density at radius 3 is 2.76 bits per heavy atom. The van der Waals surface area contributed by atoms with E-state index >= 15 is 0 Å². The molecule has 0 spiro atoms. The number of fused-ring (bicyclic) bond motifs is 1. The van der Waals surface area contributed by atoms with Crippen LogP contribution in [0.2, 0.25) is 0 Å². The topological polar surface area (TPSA) is 106 Å². The molecule has 0 unspecified atom stereocenters. The molecule has 0 bridgehead atoms. The predicted octanol–water partition coefficient (Wildman–Crippen LogP) is 3.49. The fourth-order valence-electron chi connectivity index (χ4n) is 3.12. The quantitative estimate of drug-likeness (QED) is 0.307. The van der Waals surface area contributed by atoms with Gasteiger partial charge in [0.2, 0.25) is 0 Å². The second kappa shape index (κ2) is 9.96. The van der Waals surface area contributed by atoms with Crippen LogP contribution in [0.5, 0.6) is 11.5 Å². The molecule has 0 atom stereocenters.